The topological polar surface area (TPSA) is 13.1 Å². The van der Waals surface area contributed by atoms with E-state index in [1.165, 1.54) is 22.6 Å². The van der Waals surface area contributed by atoms with Gasteiger partial charge >= 0.3 is 0 Å². The molecule has 0 saturated carbocycles. The lowest BCUT2D eigenvalue weighted by Gasteiger charge is -2.03. The molecule has 0 aliphatic carbocycles. The summed E-state index contributed by atoms with van der Waals surface area (Å²) in [7, 11) is 0. The minimum Gasteiger partial charge on any atom is -0.468 e. The highest BCUT2D eigenvalue weighted by Crippen LogP contribution is 2.28. The number of rotatable bonds is 4. The van der Waals surface area contributed by atoms with E-state index in [-0.39, 0.29) is 0 Å². The second-order valence-corrected chi connectivity index (χ2v) is 4.94. The van der Waals surface area contributed by atoms with Crippen LogP contribution in [0.1, 0.15) is 31.6 Å². The van der Waals surface area contributed by atoms with Crippen molar-refractivity contribution in [2.45, 2.75) is 39.0 Å². The van der Waals surface area contributed by atoms with Gasteiger partial charge in [-0.3, -0.25) is 0 Å². The van der Waals surface area contributed by atoms with Crippen LogP contribution in [0.3, 0.4) is 0 Å². The number of hydrogen-bond donors (Lipinski definition) is 0. The second-order valence-electron chi connectivity index (χ2n) is 3.84. The van der Waals surface area contributed by atoms with Crippen LogP contribution in [0.15, 0.2) is 15.6 Å². The summed E-state index contributed by atoms with van der Waals surface area (Å²) in [6.07, 6.45) is 3.11. The van der Waals surface area contributed by atoms with E-state index in [1.807, 2.05) is 24.9 Å². The van der Waals surface area contributed by atoms with Crippen molar-refractivity contribution in [3.05, 3.63) is 17.6 Å². The van der Waals surface area contributed by atoms with E-state index in [9.17, 15) is 0 Å². The van der Waals surface area contributed by atoms with Crippen molar-refractivity contribution < 1.29 is 4.42 Å². The molecule has 1 aromatic rings. The Balaban J connectivity index is 2.44. The Morgan fingerprint density at radius 3 is 2.54 bits per heavy atom. The van der Waals surface area contributed by atoms with Crippen molar-refractivity contribution in [1.82, 2.24) is 0 Å². The highest BCUT2D eigenvalue weighted by Gasteiger charge is 2.06. The van der Waals surface area contributed by atoms with Gasteiger partial charge < -0.3 is 4.42 Å². The van der Waals surface area contributed by atoms with E-state index in [0.29, 0.717) is 0 Å². The Bertz CT molecular complexity index is 244. The molecule has 74 valence electrons. The van der Waals surface area contributed by atoms with Gasteiger partial charge in [-0.2, -0.15) is 0 Å². The van der Waals surface area contributed by atoms with Crippen LogP contribution in [0.2, 0.25) is 0 Å². The molecular weight excluding hydrogens is 180 g/mol. The predicted molar refractivity (Wildman–Crippen MR) is 58.4 cm³/mol. The number of thioether (sulfide) groups is 1. The molecule has 0 aliphatic heterocycles. The fourth-order valence-electron chi connectivity index (χ4n) is 1.17. The van der Waals surface area contributed by atoms with E-state index in [2.05, 4.69) is 20.8 Å². The van der Waals surface area contributed by atoms with Crippen LogP contribution in [0.25, 0.3) is 0 Å². The van der Waals surface area contributed by atoms with Crippen molar-refractivity contribution in [2.24, 2.45) is 5.92 Å². The summed E-state index contributed by atoms with van der Waals surface area (Å²) >= 11 is 1.91. The Morgan fingerprint density at radius 2 is 2.08 bits per heavy atom. The van der Waals surface area contributed by atoms with Gasteiger partial charge in [-0.05, 0) is 31.9 Å². The van der Waals surface area contributed by atoms with Gasteiger partial charge in [0.25, 0.3) is 0 Å². The largest absolute Gasteiger partial charge is 0.468 e. The summed E-state index contributed by atoms with van der Waals surface area (Å²) in [5, 5.41) is 0. The molecule has 0 aromatic carbocycles. The van der Waals surface area contributed by atoms with Crippen molar-refractivity contribution in [2.75, 3.05) is 5.75 Å². The van der Waals surface area contributed by atoms with Gasteiger partial charge in [-0.1, -0.05) is 13.8 Å². The normalized spacial score (nSPS) is 11.2. The second kappa shape index (κ2) is 4.75. The van der Waals surface area contributed by atoms with Crippen LogP contribution in [0, 0.1) is 19.8 Å². The van der Waals surface area contributed by atoms with Crippen LogP contribution in [-0.2, 0) is 0 Å². The lowest BCUT2D eigenvalue weighted by atomic mass is 10.2. The van der Waals surface area contributed by atoms with E-state index in [1.54, 1.807) is 0 Å². The monoisotopic (exact) mass is 198 g/mol. The van der Waals surface area contributed by atoms with E-state index < -0.39 is 0 Å². The molecule has 0 saturated heterocycles. The molecule has 2 heteroatoms. The molecular formula is C11H18OS. The average Bonchev–Trinajstić information content (AvgIpc) is 2.34. The summed E-state index contributed by atoms with van der Waals surface area (Å²) in [6, 6.07) is 0. The first-order valence-electron chi connectivity index (χ1n) is 4.78. The molecule has 0 N–H and O–H groups in total. The van der Waals surface area contributed by atoms with Crippen LogP contribution < -0.4 is 0 Å². The fraction of sp³-hybridized carbons (Fsp3) is 0.636. The Hall–Kier alpha value is -0.370. The summed E-state index contributed by atoms with van der Waals surface area (Å²) in [6.45, 7) is 8.66. The highest BCUT2D eigenvalue weighted by molar-refractivity contribution is 7.99. The third kappa shape index (κ3) is 3.11. The fourth-order valence-corrected chi connectivity index (χ4v) is 2.49. The van der Waals surface area contributed by atoms with Crippen LogP contribution in [0.5, 0.6) is 0 Å². The molecule has 0 fully saturated rings. The van der Waals surface area contributed by atoms with Gasteiger partial charge in [0, 0.05) is 5.56 Å². The van der Waals surface area contributed by atoms with Crippen molar-refractivity contribution in [3.63, 3.8) is 0 Å². The summed E-state index contributed by atoms with van der Waals surface area (Å²) in [4.78, 5) is 1.33. The third-order valence-corrected chi connectivity index (χ3v) is 3.37. The molecule has 0 bridgehead atoms. The first-order chi connectivity index (χ1) is 6.11. The highest BCUT2D eigenvalue weighted by atomic mass is 32.2. The standard InChI is InChI=1S/C11H18OS/c1-8(2)5-6-13-11-9(3)7-12-10(11)4/h7-8H,5-6H2,1-4H3. The van der Waals surface area contributed by atoms with Crippen molar-refractivity contribution in [3.8, 4) is 0 Å². The van der Waals surface area contributed by atoms with E-state index in [4.69, 9.17) is 4.42 Å². The Kier molecular flexibility index (Phi) is 3.91. The first kappa shape index (κ1) is 10.7. The van der Waals surface area contributed by atoms with Gasteiger partial charge in [-0.25, -0.2) is 0 Å². The van der Waals surface area contributed by atoms with Gasteiger partial charge in [-0.15, -0.1) is 11.8 Å². The average molecular weight is 198 g/mol. The molecule has 0 amide bonds. The van der Waals surface area contributed by atoms with Gasteiger partial charge in [0.15, 0.2) is 0 Å². The number of aryl methyl sites for hydroxylation is 2. The Morgan fingerprint density at radius 1 is 1.38 bits per heavy atom. The molecule has 13 heavy (non-hydrogen) atoms. The summed E-state index contributed by atoms with van der Waals surface area (Å²) < 4.78 is 5.33. The lowest BCUT2D eigenvalue weighted by Crippen LogP contribution is -1.89. The van der Waals surface area contributed by atoms with Gasteiger partial charge in [0.1, 0.15) is 5.76 Å². The number of hydrogen-bond acceptors (Lipinski definition) is 2. The van der Waals surface area contributed by atoms with E-state index in [0.717, 1.165) is 11.7 Å². The zero-order valence-corrected chi connectivity index (χ0v) is 9.70. The maximum Gasteiger partial charge on any atom is 0.114 e. The molecule has 1 rings (SSSR count). The molecule has 1 nitrogen and oxygen atoms in total. The summed E-state index contributed by atoms with van der Waals surface area (Å²) in [5.41, 5.74) is 1.27. The SMILES string of the molecule is Cc1coc(C)c1SCCC(C)C. The van der Waals surface area contributed by atoms with Crippen LogP contribution in [-0.4, -0.2) is 5.75 Å². The minimum absolute atomic E-state index is 0.792. The van der Waals surface area contributed by atoms with Crippen LogP contribution in [0.4, 0.5) is 0 Å². The van der Waals surface area contributed by atoms with Crippen LogP contribution >= 0.6 is 11.8 Å². The van der Waals surface area contributed by atoms with E-state index >= 15 is 0 Å². The molecule has 0 radical (unpaired) electrons. The first-order valence-corrected chi connectivity index (χ1v) is 5.77. The zero-order chi connectivity index (χ0) is 9.84. The maximum atomic E-state index is 5.33. The minimum atomic E-state index is 0.792. The Labute approximate surface area is 84.9 Å². The zero-order valence-electron chi connectivity index (χ0n) is 8.89. The molecule has 0 aliphatic rings. The smallest absolute Gasteiger partial charge is 0.114 e. The molecule has 1 aromatic heterocycles. The quantitative estimate of drug-likeness (QED) is 0.677. The maximum absolute atomic E-state index is 5.33. The lowest BCUT2D eigenvalue weighted by molar-refractivity contribution is 0.526. The van der Waals surface area contributed by atoms with Crippen molar-refractivity contribution >= 4 is 11.8 Å². The van der Waals surface area contributed by atoms with Gasteiger partial charge in [0.2, 0.25) is 0 Å². The van der Waals surface area contributed by atoms with Gasteiger partial charge in [0.05, 0.1) is 11.2 Å². The third-order valence-electron chi connectivity index (χ3n) is 2.03. The summed E-state index contributed by atoms with van der Waals surface area (Å²) in [5.74, 6) is 3.05. The molecule has 0 spiro atoms. The predicted octanol–water partition coefficient (Wildman–Crippen LogP) is 4.03. The molecule has 0 unspecified atom stereocenters. The molecule has 0 atom stereocenters. The van der Waals surface area contributed by atoms with Crippen molar-refractivity contribution in [1.29, 1.82) is 0 Å². The molecule has 1 heterocycles. The number of furan rings is 1.